The molecule has 1 atom stereocenters. The molecule has 2 N–H and O–H groups in total. The van der Waals surface area contributed by atoms with Gasteiger partial charge in [-0.3, -0.25) is 4.79 Å². The Hall–Kier alpha value is -3.96. The number of halogens is 2. The molecule has 2 aliphatic heterocycles. The van der Waals surface area contributed by atoms with Crippen LogP contribution in [0, 0.1) is 0 Å². The van der Waals surface area contributed by atoms with Gasteiger partial charge in [0.1, 0.15) is 46.6 Å². The van der Waals surface area contributed by atoms with Crippen molar-refractivity contribution in [2.45, 2.75) is 57.8 Å². The summed E-state index contributed by atoms with van der Waals surface area (Å²) in [6.45, 7) is 8.50. The van der Waals surface area contributed by atoms with Gasteiger partial charge >= 0.3 is 5.97 Å². The molecule has 0 bridgehead atoms. The molecule has 3 aromatic rings. The van der Waals surface area contributed by atoms with Gasteiger partial charge in [-0.15, -0.1) is 12.4 Å². The first-order valence-corrected chi connectivity index (χ1v) is 16.0. The smallest absolute Gasteiger partial charge is 0.344 e. The van der Waals surface area contributed by atoms with E-state index in [0.29, 0.717) is 58.7 Å². The summed E-state index contributed by atoms with van der Waals surface area (Å²) in [5, 5.41) is 21.5. The number of ether oxygens (including phenoxy) is 5. The molecule has 10 nitrogen and oxygen atoms in total. The Morgan fingerprint density at radius 2 is 1.71 bits per heavy atom. The van der Waals surface area contributed by atoms with Gasteiger partial charge in [0.2, 0.25) is 0 Å². The number of phenolic OH excluding ortho intramolecular Hbond substituents is 1. The van der Waals surface area contributed by atoms with Crippen molar-refractivity contribution in [1.29, 1.82) is 0 Å². The van der Waals surface area contributed by atoms with Crippen molar-refractivity contribution < 1.29 is 43.5 Å². The number of methoxy groups -OCH3 is 1. The van der Waals surface area contributed by atoms with Crippen molar-refractivity contribution in [2.75, 3.05) is 41.0 Å². The van der Waals surface area contributed by atoms with E-state index in [4.69, 9.17) is 35.3 Å². The number of ketones is 1. The second-order valence-corrected chi connectivity index (χ2v) is 13.4. The molecule has 0 radical (unpaired) electrons. The quantitative estimate of drug-likeness (QED) is 0.182. The van der Waals surface area contributed by atoms with E-state index in [1.807, 2.05) is 57.1 Å². The number of aromatic hydroxyl groups is 1. The van der Waals surface area contributed by atoms with Crippen LogP contribution in [0.25, 0.3) is 6.08 Å². The molecule has 1 unspecified atom stereocenters. The van der Waals surface area contributed by atoms with Crippen molar-refractivity contribution in [2.24, 2.45) is 0 Å². The molecular weight excluding hydrogens is 673 g/mol. The highest BCUT2D eigenvalue weighted by molar-refractivity contribution is 6.30. The maximum absolute atomic E-state index is 13.1. The van der Waals surface area contributed by atoms with Crippen LogP contribution in [-0.4, -0.2) is 85.1 Å². The number of hydrogen-bond acceptors (Lipinski definition) is 10. The van der Waals surface area contributed by atoms with Crippen LogP contribution in [0.3, 0.4) is 0 Å². The molecule has 0 saturated heterocycles. The highest BCUT2D eigenvalue weighted by atomic mass is 35.5. The molecular formula is C37H45Cl2NO9. The van der Waals surface area contributed by atoms with Crippen LogP contribution in [0.2, 0.25) is 5.02 Å². The third-order valence-corrected chi connectivity index (χ3v) is 8.11. The summed E-state index contributed by atoms with van der Waals surface area (Å²) in [6.07, 6.45) is 3.59. The summed E-state index contributed by atoms with van der Waals surface area (Å²) >= 11 is 5.72. The lowest BCUT2D eigenvalue weighted by molar-refractivity contribution is -0.146. The Morgan fingerprint density at radius 3 is 2.37 bits per heavy atom. The molecule has 2 heterocycles. The SMILES string of the molecule is CN(C)CCOC(=O)COc1ccc(Cl)cc1.COc1c(CC(=O)c2cc3c(cc2O)OC(C)(C)C(O)C3)ccc2c1C=CC(C)(C)O2.Cl. The molecule has 0 aliphatic carbocycles. The molecule has 12 heteroatoms. The van der Waals surface area contributed by atoms with Crippen molar-refractivity contribution in [3.8, 4) is 28.7 Å². The number of rotatable bonds is 10. The van der Waals surface area contributed by atoms with E-state index in [-0.39, 0.29) is 48.5 Å². The van der Waals surface area contributed by atoms with Crippen LogP contribution in [-0.2, 0) is 22.4 Å². The van der Waals surface area contributed by atoms with Gasteiger partial charge in [-0.05, 0) is 95.9 Å². The number of Topliss-reactive ketones (excluding diaryl/α,β-unsaturated/α-hetero) is 1. The standard InChI is InChI=1S/C25H28O6.C12H16ClNO3.ClH/c1-24(2)9-8-16-20(30-24)7-6-14(23(16)29-5)11-18(26)17-10-15-12-22(28)25(3,4)31-21(15)13-19(17)27;1-14(2)7-8-16-12(15)9-17-11-5-3-10(13)4-6-11;/h6-10,13,22,27-28H,11-12H2,1-5H3;3-6H,7-9H2,1-2H3;1H. The van der Waals surface area contributed by atoms with Crippen LogP contribution < -0.4 is 18.9 Å². The Balaban J connectivity index is 0.000000309. The number of likely N-dealkylation sites (N-methyl/N-ethyl adjacent to an activating group) is 1. The zero-order valence-corrected chi connectivity index (χ0v) is 30.4. The molecule has 266 valence electrons. The molecule has 5 rings (SSSR count). The largest absolute Gasteiger partial charge is 0.507 e. The Labute approximate surface area is 298 Å². The Bertz CT molecular complexity index is 1650. The second kappa shape index (κ2) is 16.6. The van der Waals surface area contributed by atoms with Crippen LogP contribution >= 0.6 is 24.0 Å². The van der Waals surface area contributed by atoms with Gasteiger partial charge in [0.15, 0.2) is 12.4 Å². The summed E-state index contributed by atoms with van der Waals surface area (Å²) < 4.78 is 27.6. The molecule has 3 aromatic carbocycles. The molecule has 0 saturated carbocycles. The molecule has 0 aromatic heterocycles. The first kappa shape index (κ1) is 39.5. The van der Waals surface area contributed by atoms with E-state index in [0.717, 1.165) is 5.56 Å². The fraction of sp³-hybridized carbons (Fsp3) is 0.405. The van der Waals surface area contributed by atoms with E-state index in [1.54, 1.807) is 51.3 Å². The maximum Gasteiger partial charge on any atom is 0.344 e. The van der Waals surface area contributed by atoms with Crippen molar-refractivity contribution in [3.63, 3.8) is 0 Å². The fourth-order valence-corrected chi connectivity index (χ4v) is 5.20. The van der Waals surface area contributed by atoms with Crippen molar-refractivity contribution in [1.82, 2.24) is 4.90 Å². The van der Waals surface area contributed by atoms with Crippen molar-refractivity contribution in [3.05, 3.63) is 81.9 Å². The third-order valence-electron chi connectivity index (χ3n) is 7.86. The number of hydrogen-bond donors (Lipinski definition) is 2. The molecule has 0 amide bonds. The number of nitrogens with zero attached hydrogens (tertiary/aromatic N) is 1. The van der Waals surface area contributed by atoms with Gasteiger partial charge in [-0.2, -0.15) is 0 Å². The van der Waals surface area contributed by atoms with Gasteiger partial charge in [-0.25, -0.2) is 4.79 Å². The summed E-state index contributed by atoms with van der Waals surface area (Å²) in [5.41, 5.74) is 1.22. The van der Waals surface area contributed by atoms with Crippen LogP contribution in [0.1, 0.15) is 54.7 Å². The predicted molar refractivity (Wildman–Crippen MR) is 191 cm³/mol. The second-order valence-electron chi connectivity index (χ2n) is 13.0. The van der Waals surface area contributed by atoms with Crippen LogP contribution in [0.15, 0.2) is 54.6 Å². The van der Waals surface area contributed by atoms with Crippen molar-refractivity contribution >= 4 is 41.8 Å². The average Bonchev–Trinajstić information content (AvgIpc) is 3.01. The number of carbonyl (C=O) groups excluding carboxylic acids is 2. The van der Waals surface area contributed by atoms with E-state index in [1.165, 1.54) is 6.07 Å². The zero-order valence-electron chi connectivity index (χ0n) is 28.9. The van der Waals surface area contributed by atoms with Gasteiger partial charge in [0.25, 0.3) is 0 Å². The number of phenols is 1. The van der Waals surface area contributed by atoms with Gasteiger partial charge in [0.05, 0.1) is 24.3 Å². The maximum atomic E-state index is 13.1. The number of aliphatic hydroxyl groups excluding tert-OH is 1. The van der Waals surface area contributed by atoms with E-state index in [9.17, 15) is 19.8 Å². The highest BCUT2D eigenvalue weighted by Gasteiger charge is 2.36. The van der Waals surface area contributed by atoms with Crippen LogP contribution in [0.5, 0.6) is 28.7 Å². The summed E-state index contributed by atoms with van der Waals surface area (Å²) in [7, 11) is 5.39. The zero-order chi connectivity index (χ0) is 35.2. The lowest BCUT2D eigenvalue weighted by atomic mass is 9.89. The number of benzene rings is 3. The molecule has 0 fully saturated rings. The van der Waals surface area contributed by atoms with E-state index >= 15 is 0 Å². The summed E-state index contributed by atoms with van der Waals surface area (Å²) in [4.78, 5) is 26.3. The molecule has 2 aliphatic rings. The summed E-state index contributed by atoms with van der Waals surface area (Å²) in [5.74, 6) is 1.60. The topological polar surface area (TPSA) is 124 Å². The minimum Gasteiger partial charge on any atom is -0.507 e. The van der Waals surface area contributed by atoms with Crippen LogP contribution in [0.4, 0.5) is 0 Å². The first-order chi connectivity index (χ1) is 22.6. The highest BCUT2D eigenvalue weighted by Crippen LogP contribution is 2.41. The molecule has 0 spiro atoms. The van der Waals surface area contributed by atoms with E-state index in [2.05, 4.69) is 0 Å². The fourth-order valence-electron chi connectivity index (χ4n) is 5.08. The average molecular weight is 719 g/mol. The number of carbonyl (C=O) groups is 2. The molecule has 49 heavy (non-hydrogen) atoms. The summed E-state index contributed by atoms with van der Waals surface area (Å²) in [6, 6.07) is 13.5. The lowest BCUT2D eigenvalue weighted by Gasteiger charge is -2.37. The lowest BCUT2D eigenvalue weighted by Crippen LogP contribution is -2.46. The van der Waals surface area contributed by atoms with E-state index < -0.39 is 17.3 Å². The third kappa shape index (κ3) is 10.5. The number of fused-ring (bicyclic) bond motifs is 2. The normalized spacial score (nSPS) is 16.3. The monoisotopic (exact) mass is 717 g/mol. The number of aliphatic hydroxyl groups is 1. The van der Waals surface area contributed by atoms with Gasteiger partial charge < -0.3 is 38.8 Å². The number of esters is 1. The first-order valence-electron chi connectivity index (χ1n) is 15.6. The Kier molecular flexibility index (Phi) is 13.4. The predicted octanol–water partition coefficient (Wildman–Crippen LogP) is 6.33. The Morgan fingerprint density at radius 1 is 1.02 bits per heavy atom. The van der Waals surface area contributed by atoms with Gasteiger partial charge in [-0.1, -0.05) is 17.7 Å². The van der Waals surface area contributed by atoms with Gasteiger partial charge in [0, 0.05) is 36.0 Å². The minimum absolute atomic E-state index is 0. The minimum atomic E-state index is -0.758.